The van der Waals surface area contributed by atoms with Gasteiger partial charge in [0.25, 0.3) is 0 Å². The fourth-order valence-electron chi connectivity index (χ4n) is 4.49. The van der Waals surface area contributed by atoms with Gasteiger partial charge in [-0.1, -0.05) is 0 Å². The number of fused-ring (bicyclic) bond motifs is 2. The van der Waals surface area contributed by atoms with Crippen molar-refractivity contribution in [2.75, 3.05) is 6.61 Å². The molecule has 4 aliphatic rings. The van der Waals surface area contributed by atoms with E-state index in [1.165, 1.54) is 6.92 Å². The molecule has 0 aromatic heterocycles. The van der Waals surface area contributed by atoms with Gasteiger partial charge >= 0.3 is 0 Å². The van der Waals surface area contributed by atoms with E-state index in [0.717, 1.165) is 12.2 Å². The van der Waals surface area contributed by atoms with Gasteiger partial charge in [0.2, 0.25) is 5.78 Å². The molecule has 0 bridgehead atoms. The lowest BCUT2D eigenvalue weighted by Crippen LogP contribution is -2.61. The summed E-state index contributed by atoms with van der Waals surface area (Å²) in [5.41, 5.74) is -1.92. The molecule has 11 nitrogen and oxygen atoms in total. The van der Waals surface area contributed by atoms with Gasteiger partial charge in [0.05, 0.1) is 13.0 Å². The third-order valence-electron chi connectivity index (χ3n) is 6.45. The summed E-state index contributed by atoms with van der Waals surface area (Å²) in [6, 6.07) is 0. The SMILES string of the molecule is CC12C(=CC(O)=C(C3OC(CO)C(O)C(O)C3O)C1O)OC1CC(=O)C(O)=CC1=C2O. The van der Waals surface area contributed by atoms with Crippen LogP contribution in [0.3, 0.4) is 0 Å². The monoisotopic (exact) mass is 440 g/mol. The molecule has 0 spiro atoms. The molecular formula is C20H24O11. The number of carbonyl (C=O) groups is 1. The van der Waals surface area contributed by atoms with Crippen molar-refractivity contribution < 1.29 is 55.1 Å². The number of aliphatic hydroxyl groups excluding tert-OH is 8. The molecule has 8 N–H and O–H groups in total. The Morgan fingerprint density at radius 1 is 1.06 bits per heavy atom. The van der Waals surface area contributed by atoms with Crippen LogP contribution in [0, 0.1) is 5.41 Å². The van der Waals surface area contributed by atoms with E-state index in [4.69, 9.17) is 9.47 Å². The van der Waals surface area contributed by atoms with Gasteiger partial charge < -0.3 is 50.3 Å². The predicted molar refractivity (Wildman–Crippen MR) is 100 cm³/mol. The summed E-state index contributed by atoms with van der Waals surface area (Å²) in [6.07, 6.45) is -8.75. The molecule has 1 saturated heterocycles. The molecule has 0 radical (unpaired) electrons. The maximum Gasteiger partial charge on any atom is 0.201 e. The summed E-state index contributed by atoms with van der Waals surface area (Å²) in [5.74, 6) is -2.21. The maximum atomic E-state index is 11.8. The Morgan fingerprint density at radius 3 is 2.39 bits per heavy atom. The number of Topliss-reactive ketones (excluding diaryl/α,β-unsaturated/α-hetero) is 1. The quantitative estimate of drug-likeness (QED) is 0.249. The second-order valence-corrected chi connectivity index (χ2v) is 8.27. The second-order valence-electron chi connectivity index (χ2n) is 8.27. The highest BCUT2D eigenvalue weighted by Crippen LogP contribution is 2.52. The number of carbonyl (C=O) groups excluding carboxylic acids is 1. The third kappa shape index (κ3) is 3.00. The van der Waals surface area contributed by atoms with Crippen molar-refractivity contribution in [2.45, 2.75) is 56.1 Å². The van der Waals surface area contributed by atoms with Crippen LogP contribution in [0.2, 0.25) is 0 Å². The summed E-state index contributed by atoms with van der Waals surface area (Å²) < 4.78 is 11.2. The first kappa shape index (κ1) is 21.8. The number of rotatable bonds is 2. The van der Waals surface area contributed by atoms with E-state index in [0.29, 0.717) is 0 Å². The van der Waals surface area contributed by atoms with E-state index in [-0.39, 0.29) is 23.3 Å². The minimum atomic E-state index is -1.77. The molecule has 2 aliphatic heterocycles. The number of ketones is 1. The van der Waals surface area contributed by atoms with Crippen LogP contribution in [-0.2, 0) is 14.3 Å². The molecule has 8 atom stereocenters. The van der Waals surface area contributed by atoms with Crippen LogP contribution in [0.5, 0.6) is 0 Å². The first-order chi connectivity index (χ1) is 14.5. The first-order valence-corrected chi connectivity index (χ1v) is 9.70. The Hall–Kier alpha value is -2.41. The Bertz CT molecular complexity index is 929. The zero-order chi connectivity index (χ0) is 22.8. The van der Waals surface area contributed by atoms with Crippen LogP contribution in [0.4, 0.5) is 0 Å². The van der Waals surface area contributed by atoms with Crippen LogP contribution < -0.4 is 0 Å². The molecule has 31 heavy (non-hydrogen) atoms. The molecule has 8 unspecified atom stereocenters. The fourth-order valence-corrected chi connectivity index (χ4v) is 4.49. The molecule has 0 aromatic rings. The van der Waals surface area contributed by atoms with E-state index in [9.17, 15) is 45.6 Å². The highest BCUT2D eigenvalue weighted by Gasteiger charge is 2.57. The van der Waals surface area contributed by atoms with Gasteiger partial charge in [-0.05, 0) is 13.0 Å². The van der Waals surface area contributed by atoms with E-state index in [2.05, 4.69) is 0 Å². The van der Waals surface area contributed by atoms with E-state index < -0.39 is 77.8 Å². The van der Waals surface area contributed by atoms with Gasteiger partial charge in [0.15, 0.2) is 5.76 Å². The zero-order valence-electron chi connectivity index (χ0n) is 16.4. The topological polar surface area (TPSA) is 197 Å². The predicted octanol–water partition coefficient (Wildman–Crippen LogP) is -1.47. The van der Waals surface area contributed by atoms with Crippen molar-refractivity contribution in [1.82, 2.24) is 0 Å². The summed E-state index contributed by atoms with van der Waals surface area (Å²) in [4.78, 5) is 11.8. The van der Waals surface area contributed by atoms with Crippen molar-refractivity contribution in [3.63, 3.8) is 0 Å². The van der Waals surface area contributed by atoms with Crippen LogP contribution in [0.15, 0.2) is 46.3 Å². The van der Waals surface area contributed by atoms with Crippen molar-refractivity contribution in [2.24, 2.45) is 5.41 Å². The lowest BCUT2D eigenvalue weighted by Gasteiger charge is -2.48. The minimum Gasteiger partial charge on any atom is -0.511 e. The third-order valence-corrected chi connectivity index (χ3v) is 6.45. The average molecular weight is 440 g/mol. The van der Waals surface area contributed by atoms with E-state index in [1.807, 2.05) is 0 Å². The minimum absolute atomic E-state index is 0.0559. The first-order valence-electron chi connectivity index (χ1n) is 9.70. The number of hydrogen-bond acceptors (Lipinski definition) is 11. The number of aliphatic hydroxyl groups is 8. The van der Waals surface area contributed by atoms with Gasteiger partial charge in [-0.25, -0.2) is 0 Å². The van der Waals surface area contributed by atoms with Crippen molar-refractivity contribution in [1.29, 1.82) is 0 Å². The highest BCUT2D eigenvalue weighted by atomic mass is 16.5. The Morgan fingerprint density at radius 2 is 1.74 bits per heavy atom. The summed E-state index contributed by atoms with van der Waals surface area (Å²) in [7, 11) is 0. The molecule has 4 rings (SSSR count). The summed E-state index contributed by atoms with van der Waals surface area (Å²) in [5, 5.41) is 82.5. The number of allylic oxidation sites excluding steroid dienone is 2. The molecule has 11 heteroatoms. The normalized spacial score (nSPS) is 43.0. The highest BCUT2D eigenvalue weighted by molar-refractivity contribution is 5.95. The van der Waals surface area contributed by atoms with Gasteiger partial charge in [-0.15, -0.1) is 0 Å². The molecule has 170 valence electrons. The van der Waals surface area contributed by atoms with Gasteiger partial charge in [-0.2, -0.15) is 0 Å². The second kappa shape index (κ2) is 7.33. The molecule has 0 amide bonds. The number of hydrogen-bond donors (Lipinski definition) is 8. The van der Waals surface area contributed by atoms with Crippen molar-refractivity contribution in [3.8, 4) is 0 Å². The summed E-state index contributed by atoms with van der Waals surface area (Å²) >= 11 is 0. The maximum absolute atomic E-state index is 11.8. The summed E-state index contributed by atoms with van der Waals surface area (Å²) in [6.45, 7) is 0.682. The van der Waals surface area contributed by atoms with E-state index in [1.54, 1.807) is 0 Å². The standard InChI is InChI=1S/C20H24O11/c1-20-12(30-10-3-8(23)7(22)2-6(10)18(20)28)4-9(24)13(19(20)29)17-16(27)15(26)14(25)11(5-21)31-17/h2,4,10-11,14-17,19,21-22,24-29H,3,5H2,1H3. The van der Waals surface area contributed by atoms with Crippen molar-refractivity contribution in [3.05, 3.63) is 46.3 Å². The molecular weight excluding hydrogens is 416 g/mol. The zero-order valence-corrected chi connectivity index (χ0v) is 16.4. The largest absolute Gasteiger partial charge is 0.511 e. The van der Waals surface area contributed by atoms with Crippen LogP contribution in [0.1, 0.15) is 13.3 Å². The Balaban J connectivity index is 1.80. The number of ether oxygens (including phenoxy) is 2. The van der Waals surface area contributed by atoms with Crippen LogP contribution >= 0.6 is 0 Å². The Kier molecular flexibility index (Phi) is 5.16. The van der Waals surface area contributed by atoms with Crippen LogP contribution in [0.25, 0.3) is 0 Å². The van der Waals surface area contributed by atoms with E-state index >= 15 is 0 Å². The molecule has 0 saturated carbocycles. The molecule has 2 heterocycles. The van der Waals surface area contributed by atoms with Gasteiger partial charge in [0, 0.05) is 17.2 Å². The smallest absolute Gasteiger partial charge is 0.201 e. The van der Waals surface area contributed by atoms with Crippen LogP contribution in [-0.4, -0.2) is 96.0 Å². The average Bonchev–Trinajstić information content (AvgIpc) is 2.72. The fraction of sp³-hybridized carbons (Fsp3) is 0.550. The lowest BCUT2D eigenvalue weighted by molar-refractivity contribution is -0.223. The van der Waals surface area contributed by atoms with Gasteiger partial charge in [-0.3, -0.25) is 4.79 Å². The Labute approximate surface area is 176 Å². The van der Waals surface area contributed by atoms with Gasteiger partial charge in [0.1, 0.15) is 65.4 Å². The molecule has 1 fully saturated rings. The lowest BCUT2D eigenvalue weighted by atomic mass is 9.68. The molecule has 2 aliphatic carbocycles. The van der Waals surface area contributed by atoms with Crippen molar-refractivity contribution >= 4 is 5.78 Å². The molecule has 0 aromatic carbocycles.